The summed E-state index contributed by atoms with van der Waals surface area (Å²) in [5.74, 6) is -0.671. The Bertz CT molecular complexity index is 1200. The second-order valence-electron chi connectivity index (χ2n) is 7.89. The van der Waals surface area contributed by atoms with Crippen LogP contribution in [0, 0.1) is 0 Å². The van der Waals surface area contributed by atoms with Crippen LogP contribution in [0.2, 0.25) is 0 Å². The molecule has 162 valence electrons. The molecule has 0 atom stereocenters. The molecule has 32 heavy (non-hydrogen) atoms. The van der Waals surface area contributed by atoms with Crippen molar-refractivity contribution in [1.82, 2.24) is 4.90 Å². The normalized spacial score (nSPS) is 14.1. The minimum absolute atomic E-state index is 0.224. The van der Waals surface area contributed by atoms with E-state index in [0.29, 0.717) is 28.1 Å². The molecule has 4 rings (SSSR count). The largest absolute Gasteiger partial charge is 0.465 e. The fourth-order valence-corrected chi connectivity index (χ4v) is 3.80. The van der Waals surface area contributed by atoms with Gasteiger partial charge in [-0.25, -0.2) is 4.79 Å². The Hall–Kier alpha value is -3.90. The fraction of sp³-hybridized carbons (Fsp3) is 0.154. The number of benzene rings is 3. The highest BCUT2D eigenvalue weighted by Crippen LogP contribution is 2.38. The first-order valence-electron chi connectivity index (χ1n) is 10.3. The van der Waals surface area contributed by atoms with Crippen LogP contribution in [0.3, 0.4) is 0 Å². The molecule has 0 radical (unpaired) electrons. The van der Waals surface area contributed by atoms with Gasteiger partial charge in [0.1, 0.15) is 0 Å². The molecule has 0 saturated carbocycles. The van der Waals surface area contributed by atoms with Gasteiger partial charge in [-0.15, -0.1) is 0 Å². The van der Waals surface area contributed by atoms with Crippen LogP contribution in [0.1, 0.15) is 27.0 Å². The van der Waals surface area contributed by atoms with Gasteiger partial charge in [0.05, 0.1) is 23.9 Å². The quantitative estimate of drug-likeness (QED) is 0.449. The lowest BCUT2D eigenvalue weighted by Gasteiger charge is -2.16. The predicted octanol–water partition coefficient (Wildman–Crippen LogP) is 4.47. The Balaban J connectivity index is 1.85. The van der Waals surface area contributed by atoms with E-state index in [1.165, 1.54) is 7.11 Å². The van der Waals surface area contributed by atoms with Gasteiger partial charge in [0.15, 0.2) is 0 Å². The van der Waals surface area contributed by atoms with Gasteiger partial charge in [-0.1, -0.05) is 42.5 Å². The van der Waals surface area contributed by atoms with Crippen LogP contribution in [-0.2, 0) is 16.1 Å². The number of ether oxygens (including phenoxy) is 1. The zero-order valence-corrected chi connectivity index (χ0v) is 18.3. The van der Waals surface area contributed by atoms with Crippen molar-refractivity contribution in [2.24, 2.45) is 0 Å². The maximum atomic E-state index is 13.1. The van der Waals surface area contributed by atoms with E-state index in [0.717, 1.165) is 23.4 Å². The Morgan fingerprint density at radius 2 is 1.75 bits per heavy atom. The highest BCUT2D eigenvalue weighted by atomic mass is 16.5. The van der Waals surface area contributed by atoms with Gasteiger partial charge in [-0.3, -0.25) is 4.79 Å². The molecule has 0 unspecified atom stereocenters. The van der Waals surface area contributed by atoms with Gasteiger partial charge < -0.3 is 20.3 Å². The van der Waals surface area contributed by atoms with Gasteiger partial charge >= 0.3 is 5.97 Å². The Morgan fingerprint density at radius 1 is 0.969 bits per heavy atom. The number of rotatable bonds is 6. The van der Waals surface area contributed by atoms with Crippen molar-refractivity contribution in [3.05, 3.63) is 95.1 Å². The summed E-state index contributed by atoms with van der Waals surface area (Å²) in [5.41, 5.74) is 5.76. The first kappa shape index (κ1) is 21.3. The molecule has 0 spiro atoms. The number of fused-ring (bicyclic) bond motifs is 1. The number of nitrogens with zero attached hydrogens (tertiary/aromatic N) is 1. The van der Waals surface area contributed by atoms with Crippen LogP contribution < -0.4 is 10.6 Å². The van der Waals surface area contributed by atoms with Gasteiger partial charge in [0.25, 0.3) is 5.91 Å². The highest BCUT2D eigenvalue weighted by molar-refractivity contribution is 6.37. The van der Waals surface area contributed by atoms with E-state index in [4.69, 9.17) is 4.74 Å². The Labute approximate surface area is 187 Å². The third-order valence-corrected chi connectivity index (χ3v) is 5.19. The minimum Gasteiger partial charge on any atom is -0.465 e. The number of amides is 1. The fourth-order valence-electron chi connectivity index (χ4n) is 3.80. The van der Waals surface area contributed by atoms with Crippen LogP contribution >= 0.6 is 0 Å². The molecule has 0 bridgehead atoms. The van der Waals surface area contributed by atoms with Crippen LogP contribution in [0.15, 0.2) is 72.8 Å². The number of hydrogen-bond acceptors (Lipinski definition) is 5. The molecule has 1 aliphatic heterocycles. The van der Waals surface area contributed by atoms with Gasteiger partial charge in [-0.05, 0) is 55.6 Å². The van der Waals surface area contributed by atoms with Crippen molar-refractivity contribution in [1.29, 1.82) is 0 Å². The maximum Gasteiger partial charge on any atom is 0.337 e. The maximum absolute atomic E-state index is 13.1. The molecule has 6 heteroatoms. The first-order valence-corrected chi connectivity index (χ1v) is 10.3. The number of methoxy groups -OCH3 is 1. The molecule has 0 aliphatic carbocycles. The molecule has 0 saturated heterocycles. The lowest BCUT2D eigenvalue weighted by molar-refractivity contribution is -0.110. The Morgan fingerprint density at radius 3 is 2.47 bits per heavy atom. The van der Waals surface area contributed by atoms with Gasteiger partial charge in [-0.2, -0.15) is 0 Å². The highest BCUT2D eigenvalue weighted by Gasteiger charge is 2.29. The summed E-state index contributed by atoms with van der Waals surface area (Å²) in [6.45, 7) is 0.804. The lowest BCUT2D eigenvalue weighted by atomic mass is 9.98. The van der Waals surface area contributed by atoms with E-state index in [1.54, 1.807) is 18.2 Å². The van der Waals surface area contributed by atoms with E-state index in [-0.39, 0.29) is 5.91 Å². The third kappa shape index (κ3) is 4.40. The average Bonchev–Trinajstić information content (AvgIpc) is 3.12. The second kappa shape index (κ2) is 9.08. The molecule has 1 heterocycles. The molecular formula is C26H25N3O3. The van der Waals surface area contributed by atoms with E-state index in [9.17, 15) is 9.59 Å². The lowest BCUT2D eigenvalue weighted by Crippen LogP contribution is -2.12. The van der Waals surface area contributed by atoms with Crippen LogP contribution in [-0.4, -0.2) is 38.0 Å². The van der Waals surface area contributed by atoms with Gasteiger partial charge in [0, 0.05) is 23.5 Å². The molecule has 0 fully saturated rings. The first-order chi connectivity index (χ1) is 15.5. The summed E-state index contributed by atoms with van der Waals surface area (Å²) < 4.78 is 4.86. The second-order valence-corrected chi connectivity index (χ2v) is 7.89. The number of carbonyl (C=O) groups excluding carboxylic acids is 2. The van der Waals surface area contributed by atoms with E-state index < -0.39 is 5.97 Å². The molecule has 0 aromatic heterocycles. The minimum atomic E-state index is -0.447. The summed E-state index contributed by atoms with van der Waals surface area (Å²) in [6.07, 6.45) is 0. The Kier molecular flexibility index (Phi) is 6.05. The molecule has 1 amide bonds. The number of nitrogens with one attached hydrogen (secondary N) is 2. The SMILES string of the molecule is COC(=O)c1ccc2c(c1)/C(=C(/Nc1cccc(CN(C)C)c1)c1ccccc1)C(=O)N2. The number of hydrogen-bond donors (Lipinski definition) is 2. The zero-order valence-electron chi connectivity index (χ0n) is 18.3. The number of esters is 1. The zero-order chi connectivity index (χ0) is 22.7. The van der Waals surface area contributed by atoms with Crippen molar-refractivity contribution in [3.8, 4) is 0 Å². The summed E-state index contributed by atoms with van der Waals surface area (Å²) in [5, 5.41) is 6.38. The third-order valence-electron chi connectivity index (χ3n) is 5.19. The molecule has 3 aromatic rings. The van der Waals surface area contributed by atoms with Crippen LogP contribution in [0.4, 0.5) is 11.4 Å². The molecule has 1 aliphatic rings. The summed E-state index contributed by atoms with van der Waals surface area (Å²) >= 11 is 0. The van der Waals surface area contributed by atoms with E-state index >= 15 is 0 Å². The van der Waals surface area contributed by atoms with Crippen molar-refractivity contribution in [2.75, 3.05) is 31.8 Å². The average molecular weight is 428 g/mol. The predicted molar refractivity (Wildman–Crippen MR) is 127 cm³/mol. The van der Waals surface area contributed by atoms with Crippen molar-refractivity contribution < 1.29 is 14.3 Å². The molecule has 2 N–H and O–H groups in total. The smallest absolute Gasteiger partial charge is 0.337 e. The monoisotopic (exact) mass is 427 g/mol. The molecular weight excluding hydrogens is 402 g/mol. The summed E-state index contributed by atoms with van der Waals surface area (Å²) in [4.78, 5) is 27.3. The number of anilines is 2. The van der Waals surface area contributed by atoms with Gasteiger partial charge in [0.2, 0.25) is 0 Å². The van der Waals surface area contributed by atoms with E-state index in [2.05, 4.69) is 27.7 Å². The van der Waals surface area contributed by atoms with Crippen LogP contribution in [0.25, 0.3) is 11.3 Å². The number of carbonyl (C=O) groups is 2. The van der Waals surface area contributed by atoms with Crippen molar-refractivity contribution in [3.63, 3.8) is 0 Å². The van der Waals surface area contributed by atoms with Crippen LogP contribution in [0.5, 0.6) is 0 Å². The topological polar surface area (TPSA) is 70.7 Å². The summed E-state index contributed by atoms with van der Waals surface area (Å²) in [7, 11) is 5.39. The standard InChI is InChI=1S/C26H25N3O3/c1-29(2)16-17-8-7-11-20(14-17)27-24(18-9-5-4-6-10-18)23-21-15-19(26(31)32-3)12-13-22(21)28-25(23)30/h4-15,27H,16H2,1-3H3,(H,28,30)/b24-23-. The van der Waals surface area contributed by atoms with Crippen molar-refractivity contribution >= 4 is 34.5 Å². The molecule has 6 nitrogen and oxygen atoms in total. The molecule has 3 aromatic carbocycles. The van der Waals surface area contributed by atoms with E-state index in [1.807, 2.05) is 56.6 Å². The van der Waals surface area contributed by atoms with Crippen molar-refractivity contribution in [2.45, 2.75) is 6.54 Å². The summed E-state index contributed by atoms with van der Waals surface area (Å²) in [6, 6.07) is 22.9.